The summed E-state index contributed by atoms with van der Waals surface area (Å²) in [4.78, 5) is 23.3. The van der Waals surface area contributed by atoms with E-state index in [1.165, 1.54) is 0 Å². The number of unbranched alkanes of at least 4 members (excludes halogenated alkanes) is 1. The van der Waals surface area contributed by atoms with Gasteiger partial charge in [-0.25, -0.2) is 4.79 Å². The van der Waals surface area contributed by atoms with Gasteiger partial charge in [0.2, 0.25) is 0 Å². The number of hydrogen-bond acceptors (Lipinski definition) is 3. The highest BCUT2D eigenvalue weighted by molar-refractivity contribution is 5.95. The van der Waals surface area contributed by atoms with Gasteiger partial charge in [0.25, 0.3) is 5.91 Å². The van der Waals surface area contributed by atoms with E-state index >= 15 is 0 Å². The molecule has 6 heteroatoms. The van der Waals surface area contributed by atoms with Crippen LogP contribution < -0.4 is 5.32 Å². The van der Waals surface area contributed by atoms with Crippen molar-refractivity contribution >= 4 is 11.9 Å². The quantitative estimate of drug-likeness (QED) is 0.732. The van der Waals surface area contributed by atoms with Crippen LogP contribution in [0.2, 0.25) is 0 Å². The predicted molar refractivity (Wildman–Crippen MR) is 82.4 cm³/mol. The van der Waals surface area contributed by atoms with Gasteiger partial charge in [0, 0.05) is 5.56 Å². The van der Waals surface area contributed by atoms with Gasteiger partial charge in [-0.15, -0.1) is 0 Å². The third-order valence-electron chi connectivity index (χ3n) is 3.34. The van der Waals surface area contributed by atoms with Gasteiger partial charge in [-0.1, -0.05) is 50.1 Å². The van der Waals surface area contributed by atoms with Gasteiger partial charge in [-0.3, -0.25) is 9.89 Å². The zero-order valence-electron chi connectivity index (χ0n) is 12.4. The number of benzene rings is 1. The highest BCUT2D eigenvalue weighted by Gasteiger charge is 2.21. The normalized spacial score (nSPS) is 11.9. The van der Waals surface area contributed by atoms with Crippen molar-refractivity contribution in [3.63, 3.8) is 0 Å². The molecule has 0 radical (unpaired) electrons. The second kappa shape index (κ2) is 7.40. The first-order valence-corrected chi connectivity index (χ1v) is 7.26. The van der Waals surface area contributed by atoms with Gasteiger partial charge >= 0.3 is 5.97 Å². The van der Waals surface area contributed by atoms with Crippen LogP contribution in [0.5, 0.6) is 0 Å². The number of carbonyl (C=O) groups is 2. The minimum atomic E-state index is -1.02. The molecule has 1 atom stereocenters. The van der Waals surface area contributed by atoms with E-state index in [-0.39, 0.29) is 5.69 Å². The Labute approximate surface area is 128 Å². The Morgan fingerprint density at radius 3 is 2.68 bits per heavy atom. The van der Waals surface area contributed by atoms with Crippen LogP contribution in [0.1, 0.15) is 36.7 Å². The summed E-state index contributed by atoms with van der Waals surface area (Å²) in [5.74, 6) is -1.48. The van der Waals surface area contributed by atoms with Gasteiger partial charge in [0.1, 0.15) is 11.7 Å². The predicted octanol–water partition coefficient (Wildman–Crippen LogP) is 2.45. The fourth-order valence-corrected chi connectivity index (χ4v) is 2.10. The van der Waals surface area contributed by atoms with Gasteiger partial charge in [-0.05, 0) is 12.5 Å². The maximum absolute atomic E-state index is 12.1. The van der Waals surface area contributed by atoms with E-state index in [1.54, 1.807) is 6.07 Å². The summed E-state index contributed by atoms with van der Waals surface area (Å²) >= 11 is 0. The zero-order chi connectivity index (χ0) is 15.9. The molecular formula is C16H19N3O3. The molecule has 1 amide bonds. The largest absolute Gasteiger partial charge is 0.480 e. The lowest BCUT2D eigenvalue weighted by Crippen LogP contribution is -2.40. The molecule has 6 nitrogen and oxygen atoms in total. The Hall–Kier alpha value is -2.63. The van der Waals surface area contributed by atoms with E-state index in [0.29, 0.717) is 12.1 Å². The summed E-state index contributed by atoms with van der Waals surface area (Å²) in [5, 5.41) is 18.4. The molecule has 3 N–H and O–H groups in total. The minimum absolute atomic E-state index is 0.251. The third kappa shape index (κ3) is 3.94. The number of hydrogen-bond donors (Lipinski definition) is 3. The van der Waals surface area contributed by atoms with Gasteiger partial charge < -0.3 is 10.4 Å². The molecule has 2 aromatic rings. The summed E-state index contributed by atoms with van der Waals surface area (Å²) in [6.45, 7) is 1.97. The van der Waals surface area contributed by atoms with Crippen LogP contribution >= 0.6 is 0 Å². The molecule has 0 unspecified atom stereocenters. The molecular weight excluding hydrogens is 282 g/mol. The van der Waals surface area contributed by atoms with Crippen molar-refractivity contribution < 1.29 is 14.7 Å². The molecule has 0 aliphatic heterocycles. The average molecular weight is 301 g/mol. The molecule has 0 saturated heterocycles. The number of H-pyrrole nitrogens is 1. The number of amides is 1. The summed E-state index contributed by atoms with van der Waals surface area (Å²) in [6.07, 6.45) is 2.04. The molecule has 1 aromatic heterocycles. The number of aliphatic carboxylic acids is 1. The third-order valence-corrected chi connectivity index (χ3v) is 3.34. The Morgan fingerprint density at radius 1 is 1.32 bits per heavy atom. The van der Waals surface area contributed by atoms with Crippen LogP contribution in [0, 0.1) is 0 Å². The summed E-state index contributed by atoms with van der Waals surface area (Å²) in [7, 11) is 0. The van der Waals surface area contributed by atoms with Crippen LogP contribution in [0.25, 0.3) is 11.3 Å². The number of aromatic nitrogens is 2. The van der Waals surface area contributed by atoms with Gasteiger partial charge in [0.15, 0.2) is 0 Å². The monoisotopic (exact) mass is 301 g/mol. The highest BCUT2D eigenvalue weighted by atomic mass is 16.4. The molecule has 1 heterocycles. The topological polar surface area (TPSA) is 95.1 Å². The van der Waals surface area contributed by atoms with Crippen LogP contribution in [0.3, 0.4) is 0 Å². The van der Waals surface area contributed by atoms with Crippen LogP contribution in [-0.2, 0) is 4.79 Å². The van der Waals surface area contributed by atoms with E-state index in [4.69, 9.17) is 5.11 Å². The Morgan fingerprint density at radius 2 is 2.05 bits per heavy atom. The standard InChI is InChI=1S/C16H19N3O3/c1-2-3-9-12(16(21)22)17-15(20)14-10-13(18-19-14)11-7-5-4-6-8-11/h4-8,10,12H,2-3,9H2,1H3,(H,17,20)(H,18,19)(H,21,22)/t12-/m0/s1. The van der Waals surface area contributed by atoms with E-state index in [9.17, 15) is 9.59 Å². The van der Waals surface area contributed by atoms with Crippen LogP contribution in [0.4, 0.5) is 0 Å². The fraction of sp³-hybridized carbons (Fsp3) is 0.312. The van der Waals surface area contributed by atoms with E-state index in [1.807, 2.05) is 37.3 Å². The Balaban J connectivity index is 2.06. The Kier molecular flexibility index (Phi) is 5.30. The van der Waals surface area contributed by atoms with Crippen LogP contribution in [-0.4, -0.2) is 33.2 Å². The smallest absolute Gasteiger partial charge is 0.326 e. The molecule has 0 bridgehead atoms. The number of nitrogens with zero attached hydrogens (tertiary/aromatic N) is 1. The summed E-state index contributed by atoms with van der Waals surface area (Å²) in [5.41, 5.74) is 1.78. The van der Waals surface area contributed by atoms with Crippen molar-refractivity contribution in [2.24, 2.45) is 0 Å². The molecule has 22 heavy (non-hydrogen) atoms. The van der Waals surface area contributed by atoms with Crippen molar-refractivity contribution in [3.8, 4) is 11.3 Å². The lowest BCUT2D eigenvalue weighted by Gasteiger charge is -2.12. The molecule has 116 valence electrons. The van der Waals surface area contributed by atoms with Gasteiger partial charge in [0.05, 0.1) is 5.69 Å². The summed E-state index contributed by atoms with van der Waals surface area (Å²) < 4.78 is 0. The summed E-state index contributed by atoms with van der Waals surface area (Å²) in [6, 6.07) is 10.2. The Bertz CT molecular complexity index is 637. The second-order valence-electron chi connectivity index (χ2n) is 5.04. The van der Waals surface area contributed by atoms with Crippen molar-refractivity contribution in [2.75, 3.05) is 0 Å². The van der Waals surface area contributed by atoms with Crippen molar-refractivity contribution in [1.82, 2.24) is 15.5 Å². The maximum atomic E-state index is 12.1. The number of rotatable bonds is 7. The molecule has 0 spiro atoms. The molecule has 0 aliphatic carbocycles. The number of carboxylic acid groups (broad SMARTS) is 1. The average Bonchev–Trinajstić information content (AvgIpc) is 3.02. The first-order chi connectivity index (χ1) is 10.6. The number of carbonyl (C=O) groups excluding carboxylic acids is 1. The minimum Gasteiger partial charge on any atom is -0.480 e. The number of nitrogens with one attached hydrogen (secondary N) is 2. The second-order valence-corrected chi connectivity index (χ2v) is 5.04. The molecule has 2 rings (SSSR count). The molecule has 0 aliphatic rings. The molecule has 0 fully saturated rings. The lowest BCUT2D eigenvalue weighted by molar-refractivity contribution is -0.139. The van der Waals surface area contributed by atoms with E-state index in [0.717, 1.165) is 18.4 Å². The van der Waals surface area contributed by atoms with Crippen molar-refractivity contribution in [3.05, 3.63) is 42.1 Å². The number of aromatic amines is 1. The van der Waals surface area contributed by atoms with Gasteiger partial charge in [-0.2, -0.15) is 5.10 Å². The van der Waals surface area contributed by atoms with Crippen LogP contribution in [0.15, 0.2) is 36.4 Å². The maximum Gasteiger partial charge on any atom is 0.326 e. The zero-order valence-corrected chi connectivity index (χ0v) is 12.4. The fourth-order valence-electron chi connectivity index (χ4n) is 2.10. The highest BCUT2D eigenvalue weighted by Crippen LogP contribution is 2.17. The first-order valence-electron chi connectivity index (χ1n) is 7.26. The van der Waals surface area contributed by atoms with Crippen molar-refractivity contribution in [1.29, 1.82) is 0 Å². The number of carboxylic acids is 1. The van der Waals surface area contributed by atoms with E-state index in [2.05, 4.69) is 15.5 Å². The van der Waals surface area contributed by atoms with Crippen molar-refractivity contribution in [2.45, 2.75) is 32.2 Å². The lowest BCUT2D eigenvalue weighted by atomic mass is 10.1. The molecule has 0 saturated carbocycles. The van der Waals surface area contributed by atoms with E-state index < -0.39 is 17.9 Å². The molecule has 1 aromatic carbocycles. The first kappa shape index (κ1) is 15.8. The SMILES string of the molecule is CCCC[C@H](NC(=O)c1cc(-c2ccccc2)n[nH]1)C(=O)O.